The van der Waals surface area contributed by atoms with Crippen LogP contribution in [0, 0.1) is 0 Å². The van der Waals surface area contributed by atoms with E-state index in [2.05, 4.69) is 108 Å². The van der Waals surface area contributed by atoms with Crippen molar-refractivity contribution in [1.29, 1.82) is 0 Å². The zero-order valence-electron chi connectivity index (χ0n) is 20.4. The van der Waals surface area contributed by atoms with Gasteiger partial charge in [-0.1, -0.05) is 109 Å². The molecule has 0 heterocycles. The molecule has 0 saturated carbocycles. The highest BCUT2D eigenvalue weighted by atomic mass is 31.2. The fraction of sp³-hybridized carbons (Fsp3) is 0.0625. The van der Waals surface area contributed by atoms with Gasteiger partial charge in [-0.05, 0) is 66.0 Å². The number of hydrogen-bond acceptors (Lipinski definition) is 3. The first-order chi connectivity index (χ1) is 17.6. The van der Waals surface area contributed by atoms with Crippen LogP contribution in [0.25, 0.3) is 0 Å². The summed E-state index contributed by atoms with van der Waals surface area (Å²) in [5, 5.41) is 14.3. The predicted molar refractivity (Wildman–Crippen MR) is 156 cm³/mol. The zero-order valence-corrected chi connectivity index (χ0v) is 21.3. The van der Waals surface area contributed by atoms with Crippen molar-refractivity contribution in [3.8, 4) is 0 Å². The fourth-order valence-corrected chi connectivity index (χ4v) is 9.11. The molecule has 0 unspecified atom stereocenters. The lowest BCUT2D eigenvalue weighted by atomic mass is 9.98. The van der Waals surface area contributed by atoms with Crippen LogP contribution in [0.4, 0.5) is 0 Å². The summed E-state index contributed by atoms with van der Waals surface area (Å²) in [6, 6.07) is 32.2. The van der Waals surface area contributed by atoms with Gasteiger partial charge in [0.25, 0.3) is 0 Å². The molecule has 0 radical (unpaired) electrons. The molecular weight excluding hydrogens is 459 g/mol. The third-order valence-corrected chi connectivity index (χ3v) is 10.7. The Morgan fingerprint density at radius 1 is 0.583 bits per heavy atom. The van der Waals surface area contributed by atoms with Crippen molar-refractivity contribution in [3.63, 3.8) is 0 Å². The molecule has 2 aliphatic carbocycles. The molecule has 4 heteroatoms. The molecule has 5 rings (SSSR count). The van der Waals surface area contributed by atoms with Gasteiger partial charge >= 0.3 is 0 Å². The number of nitrogens with zero attached hydrogens (tertiary/aromatic N) is 2. The molecule has 3 aromatic rings. The molecule has 0 fully saturated rings. The number of rotatable bonds is 4. The highest BCUT2D eigenvalue weighted by Gasteiger charge is 2.31. The minimum Gasteiger partial charge on any atom is -0.289 e. The highest BCUT2D eigenvalue weighted by Crippen LogP contribution is 2.47. The Morgan fingerprint density at radius 2 is 1.03 bits per heavy atom. The maximum atomic E-state index is 12.2. The van der Waals surface area contributed by atoms with E-state index in [0.717, 1.165) is 11.0 Å². The number of carbonyl (C=O) groups excluding carboxylic acids is 1. The summed E-state index contributed by atoms with van der Waals surface area (Å²) in [6.07, 6.45) is 11.9. The van der Waals surface area contributed by atoms with Crippen LogP contribution in [0.3, 0.4) is 0 Å². The maximum absolute atomic E-state index is 12.2. The van der Waals surface area contributed by atoms with Crippen LogP contribution in [-0.2, 0) is 4.79 Å². The lowest BCUT2D eigenvalue weighted by Gasteiger charge is -2.32. The van der Waals surface area contributed by atoms with Crippen molar-refractivity contribution >= 4 is 45.3 Å². The number of hydrogen-bond donors (Lipinski definition) is 0. The molecule has 0 aliphatic heterocycles. The fourth-order valence-electron chi connectivity index (χ4n) is 4.75. The molecular formula is C32H27N2OP. The smallest absolute Gasteiger partial charge is 0.184 e. The van der Waals surface area contributed by atoms with Gasteiger partial charge in [0.2, 0.25) is 0 Å². The van der Waals surface area contributed by atoms with Gasteiger partial charge < -0.3 is 0 Å². The second-order valence-corrected chi connectivity index (χ2v) is 12.1. The van der Waals surface area contributed by atoms with Crippen molar-refractivity contribution in [2.75, 3.05) is 0 Å². The molecule has 0 spiro atoms. The van der Waals surface area contributed by atoms with Gasteiger partial charge in [-0.2, -0.15) is 5.10 Å². The van der Waals surface area contributed by atoms with Gasteiger partial charge in [-0.25, -0.2) is 0 Å². The molecule has 0 saturated heterocycles. The van der Waals surface area contributed by atoms with E-state index >= 15 is 0 Å². The number of Topliss-reactive ketones (excluding diaryl/α,β-unsaturated/α-hetero) is 1. The first-order valence-electron chi connectivity index (χ1n) is 12.0. The average molecular weight is 487 g/mol. The van der Waals surface area contributed by atoms with E-state index < -0.39 is 6.89 Å². The lowest BCUT2D eigenvalue weighted by molar-refractivity contribution is -0.112. The van der Waals surface area contributed by atoms with Crippen molar-refractivity contribution in [1.82, 2.24) is 0 Å². The van der Waals surface area contributed by atoms with Crippen LogP contribution in [0.2, 0.25) is 0 Å². The van der Waals surface area contributed by atoms with E-state index in [1.807, 2.05) is 26.0 Å². The van der Waals surface area contributed by atoms with Gasteiger partial charge in [-0.3, -0.25) is 4.79 Å². The van der Waals surface area contributed by atoms with Gasteiger partial charge in [0.15, 0.2) is 5.78 Å². The van der Waals surface area contributed by atoms with E-state index in [9.17, 15) is 4.79 Å². The summed E-state index contributed by atoms with van der Waals surface area (Å²) in [5.41, 5.74) is 2.86. The molecule has 0 bridgehead atoms. The standard InChI is InChI=1S/C32H27N2OP/c1-24-22-26(23-25(2)32(24)35)33-34-30-20-12-13-21-31(30)36(27-14-6-3-7-15-27,28-16-8-4-9-17-28)29-18-10-5-11-19-29/h3-23H,1-2H3. The Hall–Kier alpha value is -4.07. The Kier molecular flexibility index (Phi) is 6.75. The minimum absolute atomic E-state index is 0.0523. The van der Waals surface area contributed by atoms with Crippen molar-refractivity contribution in [3.05, 3.63) is 139 Å². The normalized spacial score (nSPS) is 16.7. The van der Waals surface area contributed by atoms with Gasteiger partial charge in [-0.15, -0.1) is 5.10 Å². The highest BCUT2D eigenvalue weighted by molar-refractivity contribution is 7.96. The quantitative estimate of drug-likeness (QED) is 0.271. The van der Waals surface area contributed by atoms with Gasteiger partial charge in [0, 0.05) is 5.29 Å². The SMILES string of the molecule is CC1=CC(=NN=C2C=CC=CC2=P(c2ccccc2)(c2ccccc2)c2ccccc2)C=C(C)C1=O. The summed E-state index contributed by atoms with van der Waals surface area (Å²) in [7, 11) is 0. The van der Waals surface area contributed by atoms with E-state index in [4.69, 9.17) is 5.10 Å². The molecule has 0 N–H and O–H groups in total. The van der Waals surface area contributed by atoms with E-state index in [0.29, 0.717) is 16.9 Å². The van der Waals surface area contributed by atoms with E-state index in [-0.39, 0.29) is 5.78 Å². The van der Waals surface area contributed by atoms with Gasteiger partial charge in [0.05, 0.1) is 11.4 Å². The molecule has 0 amide bonds. The second kappa shape index (κ2) is 10.3. The first kappa shape index (κ1) is 23.7. The number of carbonyl (C=O) groups is 1. The number of ketones is 1. The lowest BCUT2D eigenvalue weighted by Crippen LogP contribution is -2.32. The number of benzene rings is 3. The first-order valence-corrected chi connectivity index (χ1v) is 13.7. The van der Waals surface area contributed by atoms with Crippen LogP contribution < -0.4 is 15.9 Å². The summed E-state index contributed by atoms with van der Waals surface area (Å²) in [6.45, 7) is 1.34. The van der Waals surface area contributed by atoms with Crippen molar-refractivity contribution < 1.29 is 4.79 Å². The second-order valence-electron chi connectivity index (χ2n) is 8.77. The largest absolute Gasteiger partial charge is 0.289 e. The van der Waals surface area contributed by atoms with Crippen LogP contribution >= 0.6 is 6.89 Å². The molecule has 0 atom stereocenters. The summed E-state index contributed by atoms with van der Waals surface area (Å²) in [4.78, 5) is 12.2. The van der Waals surface area contributed by atoms with Gasteiger partial charge in [0.1, 0.15) is 0 Å². The molecule has 0 aromatic heterocycles. The third kappa shape index (κ3) is 4.34. The Bertz CT molecular complexity index is 1410. The van der Waals surface area contributed by atoms with E-state index in [1.54, 1.807) is 12.2 Å². The van der Waals surface area contributed by atoms with Crippen LogP contribution in [0.15, 0.2) is 149 Å². The summed E-state index contributed by atoms with van der Waals surface area (Å²) >= 11 is 0. The molecule has 36 heavy (non-hydrogen) atoms. The molecule has 2 aliphatic rings. The summed E-state index contributed by atoms with van der Waals surface area (Å²) < 4.78 is 0. The molecule has 3 nitrogen and oxygen atoms in total. The summed E-state index contributed by atoms with van der Waals surface area (Å²) in [5.74, 6) is 0.0523. The Morgan fingerprint density at radius 3 is 1.50 bits per heavy atom. The van der Waals surface area contributed by atoms with Crippen LogP contribution in [-0.4, -0.2) is 22.5 Å². The average Bonchev–Trinajstić information content (AvgIpc) is 2.93. The van der Waals surface area contributed by atoms with Crippen LogP contribution in [0.5, 0.6) is 0 Å². The number of allylic oxidation sites excluding steroid dienone is 8. The zero-order chi connectivity index (χ0) is 25.0. The maximum Gasteiger partial charge on any atom is 0.184 e. The Balaban J connectivity index is 1.86. The molecule has 3 aromatic carbocycles. The van der Waals surface area contributed by atoms with Crippen LogP contribution in [0.1, 0.15) is 13.8 Å². The third-order valence-electron chi connectivity index (χ3n) is 6.39. The predicted octanol–water partition coefficient (Wildman–Crippen LogP) is 5.55. The van der Waals surface area contributed by atoms with Crippen molar-refractivity contribution in [2.45, 2.75) is 13.8 Å². The topological polar surface area (TPSA) is 41.8 Å². The van der Waals surface area contributed by atoms with E-state index in [1.165, 1.54) is 15.9 Å². The molecule has 176 valence electrons. The monoisotopic (exact) mass is 486 g/mol. The minimum atomic E-state index is -2.30. The Labute approximate surface area is 212 Å². The van der Waals surface area contributed by atoms with Crippen molar-refractivity contribution in [2.24, 2.45) is 10.2 Å².